The first-order chi connectivity index (χ1) is 16.3. The summed E-state index contributed by atoms with van der Waals surface area (Å²) in [5, 5.41) is 13.4. The van der Waals surface area contributed by atoms with Gasteiger partial charge in [0.05, 0.1) is 19.3 Å². The van der Waals surface area contributed by atoms with Crippen LogP contribution in [-0.4, -0.2) is 47.8 Å². The molecule has 0 radical (unpaired) electrons. The van der Waals surface area contributed by atoms with Crippen LogP contribution in [0.25, 0.3) is 0 Å². The van der Waals surface area contributed by atoms with Gasteiger partial charge in [0.15, 0.2) is 11.5 Å². The summed E-state index contributed by atoms with van der Waals surface area (Å²) in [6.07, 6.45) is 3.90. The van der Waals surface area contributed by atoms with Crippen molar-refractivity contribution in [1.29, 1.82) is 0 Å². The third kappa shape index (κ3) is 4.29. The summed E-state index contributed by atoms with van der Waals surface area (Å²) in [6.45, 7) is 9.23. The Labute approximate surface area is 202 Å². The molecule has 2 atom stereocenters. The fraction of sp³-hybridized carbons (Fsp3) is 0.536. The first-order valence-corrected chi connectivity index (χ1v) is 12.5. The molecule has 3 aliphatic rings. The second-order valence-corrected chi connectivity index (χ2v) is 10.8. The predicted octanol–water partition coefficient (Wildman–Crippen LogP) is 4.92. The molecular weight excluding hydrogens is 428 g/mol. The van der Waals surface area contributed by atoms with E-state index in [2.05, 4.69) is 37.1 Å². The van der Waals surface area contributed by atoms with Gasteiger partial charge < -0.3 is 19.9 Å². The Bertz CT molecular complexity index is 1060. The highest BCUT2D eigenvalue weighted by Gasteiger charge is 2.53. The maximum Gasteiger partial charge on any atom is 0.238 e. The lowest BCUT2D eigenvalue weighted by Gasteiger charge is -2.54. The minimum absolute atomic E-state index is 0.0510. The minimum Gasteiger partial charge on any atom is -0.504 e. The monoisotopic (exact) mass is 464 g/mol. The first-order valence-electron chi connectivity index (χ1n) is 12.5. The van der Waals surface area contributed by atoms with E-state index in [-0.39, 0.29) is 29.1 Å². The van der Waals surface area contributed by atoms with Gasteiger partial charge in [0.2, 0.25) is 5.91 Å². The van der Waals surface area contributed by atoms with Gasteiger partial charge in [-0.05, 0) is 75.7 Å². The first kappa shape index (κ1) is 23.2. The number of amides is 1. The molecule has 3 aliphatic heterocycles. The van der Waals surface area contributed by atoms with Crippen molar-refractivity contribution in [3.63, 3.8) is 0 Å². The fourth-order valence-electron chi connectivity index (χ4n) is 6.03. The summed E-state index contributed by atoms with van der Waals surface area (Å²) >= 11 is 0. The van der Waals surface area contributed by atoms with Gasteiger partial charge in [-0.1, -0.05) is 37.3 Å². The highest BCUT2D eigenvalue weighted by molar-refractivity contribution is 5.93. The molecule has 6 heteroatoms. The Balaban J connectivity index is 1.22. The van der Waals surface area contributed by atoms with E-state index in [9.17, 15) is 9.90 Å². The van der Waals surface area contributed by atoms with Crippen molar-refractivity contribution in [3.8, 4) is 11.5 Å². The third-order valence-electron chi connectivity index (χ3n) is 8.13. The Kier molecular flexibility index (Phi) is 6.07. The quantitative estimate of drug-likeness (QED) is 0.672. The van der Waals surface area contributed by atoms with E-state index in [4.69, 9.17) is 9.47 Å². The van der Waals surface area contributed by atoms with Crippen LogP contribution in [0.1, 0.15) is 57.3 Å². The SMILES string of the molecule is CCc1ccccc1NC(=O)CN1CCC2(CC1)CO[C@@H]1c3cccc(O)c3OC(C)(C)[C@H]1C2. The molecule has 0 aromatic heterocycles. The standard InChI is InChI=1S/C28H36N2O4/c1-4-19-8-5-6-10-22(19)29-24(32)17-30-14-12-28(13-15-30)16-21-25(33-18-28)20-9-7-11-23(31)26(20)34-27(21,2)3/h5-11,21,25,31H,4,12-18H2,1-3H3,(H,29,32)/t21-,25+/m0/s1. The van der Waals surface area contributed by atoms with Gasteiger partial charge in [0, 0.05) is 17.2 Å². The lowest BCUT2D eigenvalue weighted by atomic mass is 9.64. The number of para-hydroxylation sites is 2. The van der Waals surface area contributed by atoms with Crippen molar-refractivity contribution >= 4 is 11.6 Å². The molecule has 2 aromatic rings. The smallest absolute Gasteiger partial charge is 0.238 e. The number of rotatable bonds is 4. The number of nitrogens with zero attached hydrogens (tertiary/aromatic N) is 1. The van der Waals surface area contributed by atoms with Crippen LogP contribution in [0, 0.1) is 11.3 Å². The maximum atomic E-state index is 12.7. The zero-order valence-electron chi connectivity index (χ0n) is 20.5. The van der Waals surface area contributed by atoms with E-state index in [0.29, 0.717) is 18.9 Å². The largest absolute Gasteiger partial charge is 0.504 e. The molecule has 0 aliphatic carbocycles. The number of carbonyl (C=O) groups is 1. The number of piperidine rings is 1. The molecule has 0 bridgehead atoms. The van der Waals surface area contributed by atoms with Crippen LogP contribution in [-0.2, 0) is 16.0 Å². The van der Waals surface area contributed by atoms with Crippen LogP contribution < -0.4 is 10.1 Å². The number of aromatic hydroxyl groups is 1. The van der Waals surface area contributed by atoms with E-state index >= 15 is 0 Å². The van der Waals surface area contributed by atoms with Gasteiger partial charge in [0.1, 0.15) is 5.60 Å². The van der Waals surface area contributed by atoms with Crippen molar-refractivity contribution in [2.24, 2.45) is 11.3 Å². The molecule has 182 valence electrons. The summed E-state index contributed by atoms with van der Waals surface area (Å²) in [5.41, 5.74) is 2.72. The molecule has 5 rings (SSSR count). The van der Waals surface area contributed by atoms with Gasteiger partial charge in [-0.25, -0.2) is 0 Å². The third-order valence-corrected chi connectivity index (χ3v) is 8.13. The Morgan fingerprint density at radius 3 is 2.68 bits per heavy atom. The lowest BCUT2D eigenvalue weighted by molar-refractivity contribution is -0.174. The van der Waals surface area contributed by atoms with Crippen LogP contribution in [0.4, 0.5) is 5.69 Å². The van der Waals surface area contributed by atoms with Crippen molar-refractivity contribution in [1.82, 2.24) is 4.90 Å². The van der Waals surface area contributed by atoms with Crippen molar-refractivity contribution in [3.05, 3.63) is 53.6 Å². The highest BCUT2D eigenvalue weighted by atomic mass is 16.5. The van der Waals surface area contributed by atoms with Crippen LogP contribution in [0.15, 0.2) is 42.5 Å². The van der Waals surface area contributed by atoms with E-state index < -0.39 is 5.60 Å². The van der Waals surface area contributed by atoms with Crippen LogP contribution in [0.5, 0.6) is 11.5 Å². The molecule has 6 nitrogen and oxygen atoms in total. The average Bonchev–Trinajstić information content (AvgIpc) is 2.82. The summed E-state index contributed by atoms with van der Waals surface area (Å²) in [4.78, 5) is 15.0. The van der Waals surface area contributed by atoms with Gasteiger partial charge in [-0.15, -0.1) is 0 Å². The van der Waals surface area contributed by atoms with Crippen LogP contribution >= 0.6 is 0 Å². The van der Waals surface area contributed by atoms with Gasteiger partial charge in [0.25, 0.3) is 0 Å². The van der Waals surface area contributed by atoms with Gasteiger partial charge in [-0.2, -0.15) is 0 Å². The number of ether oxygens (including phenoxy) is 2. The molecule has 2 aromatic carbocycles. The van der Waals surface area contributed by atoms with Crippen molar-refractivity contribution in [2.45, 2.75) is 58.2 Å². The molecule has 34 heavy (non-hydrogen) atoms. The summed E-state index contributed by atoms with van der Waals surface area (Å²) in [6, 6.07) is 13.6. The number of hydrogen-bond donors (Lipinski definition) is 2. The molecule has 0 unspecified atom stereocenters. The molecular formula is C28H36N2O4. The Morgan fingerprint density at radius 2 is 1.91 bits per heavy atom. The highest BCUT2D eigenvalue weighted by Crippen LogP contribution is 2.56. The maximum absolute atomic E-state index is 12.7. The summed E-state index contributed by atoms with van der Waals surface area (Å²) < 4.78 is 12.8. The Hall–Kier alpha value is -2.57. The van der Waals surface area contributed by atoms with E-state index in [1.807, 2.05) is 30.3 Å². The van der Waals surface area contributed by atoms with Crippen LogP contribution in [0.2, 0.25) is 0 Å². The van der Waals surface area contributed by atoms with E-state index in [1.165, 1.54) is 0 Å². The minimum atomic E-state index is -0.423. The zero-order chi connectivity index (χ0) is 23.9. The molecule has 3 heterocycles. The molecule has 2 saturated heterocycles. The number of phenolic OH excluding ortho intramolecular Hbond substituents is 1. The number of hydrogen-bond acceptors (Lipinski definition) is 5. The average molecular weight is 465 g/mol. The number of anilines is 1. The summed E-state index contributed by atoms with van der Waals surface area (Å²) in [5.74, 6) is 1.02. The molecule has 0 saturated carbocycles. The predicted molar refractivity (Wildman–Crippen MR) is 132 cm³/mol. The number of benzene rings is 2. The number of carbonyl (C=O) groups excluding carboxylic acids is 1. The zero-order valence-corrected chi connectivity index (χ0v) is 20.5. The van der Waals surface area contributed by atoms with Gasteiger partial charge in [-0.3, -0.25) is 9.69 Å². The number of likely N-dealkylation sites (tertiary alicyclic amines) is 1. The number of fused-ring (bicyclic) bond motifs is 3. The fourth-order valence-corrected chi connectivity index (χ4v) is 6.03. The van der Waals surface area contributed by atoms with E-state index in [0.717, 1.165) is 55.6 Å². The molecule has 2 N–H and O–H groups in total. The molecule has 1 amide bonds. The lowest BCUT2D eigenvalue weighted by Crippen LogP contribution is -2.54. The molecule has 1 spiro atoms. The molecule has 2 fully saturated rings. The van der Waals surface area contributed by atoms with Gasteiger partial charge >= 0.3 is 0 Å². The second-order valence-electron chi connectivity index (χ2n) is 10.8. The van der Waals surface area contributed by atoms with E-state index in [1.54, 1.807) is 6.07 Å². The second kappa shape index (κ2) is 8.90. The number of nitrogens with one attached hydrogen (secondary N) is 1. The topological polar surface area (TPSA) is 71.0 Å². The van der Waals surface area contributed by atoms with Crippen molar-refractivity contribution in [2.75, 3.05) is 31.6 Å². The van der Waals surface area contributed by atoms with Crippen molar-refractivity contribution < 1.29 is 19.4 Å². The number of aryl methyl sites for hydroxylation is 1. The summed E-state index contributed by atoms with van der Waals surface area (Å²) in [7, 11) is 0. The Morgan fingerprint density at radius 1 is 1.15 bits per heavy atom. The van der Waals surface area contributed by atoms with Crippen LogP contribution in [0.3, 0.4) is 0 Å². The normalized spacial score (nSPS) is 25.1. The number of phenols is 1.